The van der Waals surface area contributed by atoms with Crippen LogP contribution in [0.2, 0.25) is 0 Å². The number of quaternary nitrogens is 1. The molecule has 7 heteroatoms. The number of carboxylic acid groups (broad SMARTS) is 2. The first-order valence-corrected chi connectivity index (χ1v) is 6.53. The van der Waals surface area contributed by atoms with Gasteiger partial charge in [-0.05, 0) is 12.8 Å². The average molecular weight is 290 g/mol. The summed E-state index contributed by atoms with van der Waals surface area (Å²) in [6.07, 6.45) is 0.0693. The van der Waals surface area contributed by atoms with Crippen LogP contribution in [0.5, 0.6) is 0 Å². The molecule has 0 bridgehead atoms. The van der Waals surface area contributed by atoms with Gasteiger partial charge in [-0.1, -0.05) is 0 Å². The third kappa shape index (κ3) is 11.5. The Kier molecular flexibility index (Phi) is 7.83. The number of carbonyl (C=O) groups excluding carboxylic acids is 1. The van der Waals surface area contributed by atoms with E-state index in [1.165, 1.54) is 0 Å². The lowest BCUT2D eigenvalue weighted by atomic mass is 10.2. The Bertz CT molecular complexity index is 347. The highest BCUT2D eigenvalue weighted by atomic mass is 16.5. The minimum absolute atomic E-state index is 0.0186. The first-order chi connectivity index (χ1) is 9.10. The van der Waals surface area contributed by atoms with Gasteiger partial charge >= 0.3 is 17.9 Å². The van der Waals surface area contributed by atoms with E-state index < -0.39 is 24.0 Å². The van der Waals surface area contributed by atoms with Crippen LogP contribution < -0.4 is 0 Å². The molecule has 0 aliphatic rings. The molecule has 0 aromatic heterocycles. The van der Waals surface area contributed by atoms with Crippen molar-refractivity contribution in [1.82, 2.24) is 0 Å². The predicted octanol–water partition coefficient (Wildman–Crippen LogP) is 0.724. The zero-order chi connectivity index (χ0) is 15.8. The van der Waals surface area contributed by atoms with E-state index in [1.54, 1.807) is 0 Å². The summed E-state index contributed by atoms with van der Waals surface area (Å²) in [6.45, 7) is 0.410. The van der Waals surface area contributed by atoms with Gasteiger partial charge < -0.3 is 19.4 Å². The molecular formula is C13H24NO6+. The van der Waals surface area contributed by atoms with Gasteiger partial charge in [-0.15, -0.1) is 0 Å². The number of nitrogens with zero attached hydrogens (tertiary/aromatic N) is 1. The highest BCUT2D eigenvalue weighted by molar-refractivity contribution is 5.71. The average Bonchev–Trinajstić information content (AvgIpc) is 2.20. The van der Waals surface area contributed by atoms with Crippen LogP contribution in [0.15, 0.2) is 0 Å². The zero-order valence-electron chi connectivity index (χ0n) is 12.3. The van der Waals surface area contributed by atoms with Crippen molar-refractivity contribution in [3.8, 4) is 0 Å². The van der Waals surface area contributed by atoms with Gasteiger partial charge in [0.25, 0.3) is 0 Å². The Morgan fingerprint density at radius 3 is 2.00 bits per heavy atom. The van der Waals surface area contributed by atoms with Gasteiger partial charge in [0, 0.05) is 12.8 Å². The lowest BCUT2D eigenvalue weighted by Crippen LogP contribution is -2.43. The van der Waals surface area contributed by atoms with Crippen LogP contribution in [0.1, 0.15) is 32.1 Å². The predicted molar refractivity (Wildman–Crippen MR) is 71.1 cm³/mol. The quantitative estimate of drug-likeness (QED) is 0.349. The largest absolute Gasteiger partial charge is 0.481 e. The lowest BCUT2D eigenvalue weighted by molar-refractivity contribution is -0.873. The number of ether oxygens (including phenoxy) is 1. The summed E-state index contributed by atoms with van der Waals surface area (Å²) in [6, 6.07) is 0. The SMILES string of the molecule is C[N+](C)(C)CC(CC(=O)O)OC(=O)CCCCC(=O)O. The van der Waals surface area contributed by atoms with Gasteiger partial charge in [0.15, 0.2) is 6.10 Å². The van der Waals surface area contributed by atoms with Gasteiger partial charge in [-0.3, -0.25) is 14.4 Å². The molecule has 7 nitrogen and oxygen atoms in total. The summed E-state index contributed by atoms with van der Waals surface area (Å²) in [5.74, 6) is -2.38. The second-order valence-electron chi connectivity index (χ2n) is 5.78. The van der Waals surface area contributed by atoms with E-state index in [9.17, 15) is 14.4 Å². The van der Waals surface area contributed by atoms with Gasteiger partial charge in [-0.2, -0.15) is 0 Å². The number of unbranched alkanes of at least 4 members (excludes halogenated alkanes) is 1. The molecule has 0 rings (SSSR count). The molecule has 0 saturated heterocycles. The molecule has 0 amide bonds. The fourth-order valence-corrected chi connectivity index (χ4v) is 1.74. The number of esters is 1. The van der Waals surface area contributed by atoms with E-state index in [0.29, 0.717) is 23.9 Å². The van der Waals surface area contributed by atoms with Crippen molar-refractivity contribution in [3.63, 3.8) is 0 Å². The summed E-state index contributed by atoms with van der Waals surface area (Å²) in [4.78, 5) is 32.7. The molecule has 0 radical (unpaired) electrons. The van der Waals surface area contributed by atoms with Crippen LogP contribution in [0.25, 0.3) is 0 Å². The van der Waals surface area contributed by atoms with Crippen molar-refractivity contribution < 1.29 is 33.8 Å². The van der Waals surface area contributed by atoms with Gasteiger partial charge in [0.2, 0.25) is 0 Å². The molecule has 20 heavy (non-hydrogen) atoms. The van der Waals surface area contributed by atoms with Crippen LogP contribution in [0.3, 0.4) is 0 Å². The number of likely N-dealkylation sites (N-methyl/N-ethyl adjacent to an activating group) is 1. The molecule has 0 saturated carbocycles. The van der Waals surface area contributed by atoms with Crippen molar-refractivity contribution in [2.75, 3.05) is 27.7 Å². The molecule has 0 fully saturated rings. The van der Waals surface area contributed by atoms with Gasteiger partial charge in [-0.25, -0.2) is 0 Å². The first kappa shape index (κ1) is 18.4. The molecule has 0 spiro atoms. The molecule has 2 N–H and O–H groups in total. The normalized spacial score (nSPS) is 12.8. The van der Waals surface area contributed by atoms with Crippen molar-refractivity contribution in [2.45, 2.75) is 38.2 Å². The minimum atomic E-state index is -1.01. The number of carbonyl (C=O) groups is 3. The zero-order valence-corrected chi connectivity index (χ0v) is 12.3. The van der Waals surface area contributed by atoms with Crippen molar-refractivity contribution in [3.05, 3.63) is 0 Å². The molecule has 0 heterocycles. The molecule has 0 aromatic rings. The van der Waals surface area contributed by atoms with Crippen LogP contribution in [-0.2, 0) is 19.1 Å². The number of rotatable bonds is 10. The van der Waals surface area contributed by atoms with Crippen LogP contribution in [0.4, 0.5) is 0 Å². The maximum Gasteiger partial charge on any atom is 0.307 e. The summed E-state index contributed by atoms with van der Waals surface area (Å²) in [5.41, 5.74) is 0. The van der Waals surface area contributed by atoms with E-state index in [2.05, 4.69) is 0 Å². The third-order valence-electron chi connectivity index (χ3n) is 2.47. The Morgan fingerprint density at radius 2 is 1.55 bits per heavy atom. The van der Waals surface area contributed by atoms with Crippen LogP contribution >= 0.6 is 0 Å². The van der Waals surface area contributed by atoms with Crippen molar-refractivity contribution in [1.29, 1.82) is 0 Å². The second kappa shape index (κ2) is 8.52. The maximum absolute atomic E-state index is 11.6. The highest BCUT2D eigenvalue weighted by Crippen LogP contribution is 2.08. The van der Waals surface area contributed by atoms with E-state index in [0.717, 1.165) is 0 Å². The van der Waals surface area contributed by atoms with Crippen LogP contribution in [-0.4, -0.2) is 66.4 Å². The topological polar surface area (TPSA) is 101 Å². The van der Waals surface area contributed by atoms with E-state index in [4.69, 9.17) is 14.9 Å². The number of carboxylic acids is 2. The second-order valence-corrected chi connectivity index (χ2v) is 5.78. The monoisotopic (exact) mass is 290 g/mol. The molecule has 1 atom stereocenters. The maximum atomic E-state index is 11.6. The molecule has 1 unspecified atom stereocenters. The van der Waals surface area contributed by atoms with Gasteiger partial charge in [0.05, 0.1) is 27.6 Å². The highest BCUT2D eigenvalue weighted by Gasteiger charge is 2.24. The minimum Gasteiger partial charge on any atom is -0.481 e. The Balaban J connectivity index is 4.18. The number of hydrogen-bond donors (Lipinski definition) is 2. The molecular weight excluding hydrogens is 266 g/mol. The number of hydrogen-bond acceptors (Lipinski definition) is 4. The summed E-state index contributed by atoms with van der Waals surface area (Å²) >= 11 is 0. The fourth-order valence-electron chi connectivity index (χ4n) is 1.74. The van der Waals surface area contributed by atoms with E-state index in [-0.39, 0.29) is 19.3 Å². The Hall–Kier alpha value is -1.63. The smallest absolute Gasteiger partial charge is 0.307 e. The number of aliphatic carboxylic acids is 2. The summed E-state index contributed by atoms with van der Waals surface area (Å²) in [5, 5.41) is 17.3. The molecule has 0 aromatic carbocycles. The molecule has 0 aliphatic carbocycles. The Labute approximate surface area is 118 Å². The van der Waals surface area contributed by atoms with Crippen molar-refractivity contribution in [2.24, 2.45) is 0 Å². The lowest BCUT2D eigenvalue weighted by Gasteiger charge is -2.28. The van der Waals surface area contributed by atoms with E-state index in [1.807, 2.05) is 21.1 Å². The Morgan fingerprint density at radius 1 is 1.00 bits per heavy atom. The third-order valence-corrected chi connectivity index (χ3v) is 2.47. The van der Waals surface area contributed by atoms with Crippen LogP contribution in [0, 0.1) is 0 Å². The van der Waals surface area contributed by atoms with Gasteiger partial charge in [0.1, 0.15) is 6.54 Å². The fraction of sp³-hybridized carbons (Fsp3) is 0.769. The first-order valence-electron chi connectivity index (χ1n) is 6.53. The molecule has 0 aliphatic heterocycles. The standard InChI is InChI=1S/C13H23NO6/c1-14(2,3)9-10(8-12(17)18)20-13(19)7-5-4-6-11(15)16/h10H,4-9H2,1-3H3,(H-,15,16,17,18)/p+1. The molecule has 116 valence electrons. The van der Waals surface area contributed by atoms with Crippen molar-refractivity contribution >= 4 is 17.9 Å². The summed E-state index contributed by atoms with van der Waals surface area (Å²) in [7, 11) is 5.65. The summed E-state index contributed by atoms with van der Waals surface area (Å²) < 4.78 is 5.65. The van der Waals surface area contributed by atoms with E-state index >= 15 is 0 Å².